The highest BCUT2D eigenvalue weighted by Crippen LogP contribution is 2.16. The van der Waals surface area contributed by atoms with Gasteiger partial charge in [0.1, 0.15) is 6.04 Å². The number of carboxylic acids is 1. The number of nitrogens with one attached hydrogen (secondary N) is 1. The van der Waals surface area contributed by atoms with E-state index in [1.807, 2.05) is 6.92 Å². The normalized spacial score (nSPS) is 22.2. The number of halogens is 1. The van der Waals surface area contributed by atoms with Crippen molar-refractivity contribution in [3.05, 3.63) is 0 Å². The van der Waals surface area contributed by atoms with Crippen LogP contribution in [0.15, 0.2) is 0 Å². The van der Waals surface area contributed by atoms with E-state index < -0.39 is 12.0 Å². The Morgan fingerprint density at radius 2 is 2.19 bits per heavy atom. The van der Waals surface area contributed by atoms with Crippen LogP contribution in [-0.4, -0.2) is 47.1 Å². The molecule has 1 aliphatic heterocycles. The number of carbonyl (C=O) groups is 2. The molecule has 2 N–H and O–H groups in total. The van der Waals surface area contributed by atoms with Gasteiger partial charge in [-0.2, -0.15) is 0 Å². The molecule has 5 nitrogen and oxygen atoms in total. The zero-order valence-corrected chi connectivity index (χ0v) is 10.4. The fraction of sp³-hybridized carbons (Fsp3) is 0.800. The number of hydrogen-bond acceptors (Lipinski definition) is 3. The van der Waals surface area contributed by atoms with E-state index in [4.69, 9.17) is 5.11 Å². The summed E-state index contributed by atoms with van der Waals surface area (Å²) in [4.78, 5) is 24.4. The fourth-order valence-corrected chi connectivity index (χ4v) is 1.87. The third-order valence-electron chi connectivity index (χ3n) is 2.80. The highest BCUT2D eigenvalue weighted by molar-refractivity contribution is 5.86. The molecule has 1 aliphatic rings. The van der Waals surface area contributed by atoms with Crippen LogP contribution in [0.5, 0.6) is 0 Å². The third kappa shape index (κ3) is 3.64. The summed E-state index contributed by atoms with van der Waals surface area (Å²) >= 11 is 0. The molecule has 1 heterocycles. The first kappa shape index (κ1) is 15.2. The standard InChI is InChI=1S/C10H18N2O3.ClH/c1-3-12-6-4-5-8(12)9(13)11-7(2)10(14)15;/h7-8H,3-6H2,1-2H3,(H,11,13)(H,14,15);1H/t7-,8-;/m0./s1. The number of nitrogens with zero attached hydrogens (tertiary/aromatic N) is 1. The average molecular weight is 251 g/mol. The largest absolute Gasteiger partial charge is 0.480 e. The molecule has 0 aromatic rings. The molecule has 0 unspecified atom stereocenters. The summed E-state index contributed by atoms with van der Waals surface area (Å²) in [6.45, 7) is 5.24. The number of hydrogen-bond donors (Lipinski definition) is 2. The second-order valence-electron chi connectivity index (χ2n) is 3.86. The molecule has 0 bridgehead atoms. The average Bonchev–Trinajstić information content (AvgIpc) is 2.64. The Morgan fingerprint density at radius 3 is 2.69 bits per heavy atom. The zero-order chi connectivity index (χ0) is 11.4. The lowest BCUT2D eigenvalue weighted by Gasteiger charge is -2.22. The Kier molecular flexibility index (Phi) is 6.36. The lowest BCUT2D eigenvalue weighted by molar-refractivity contribution is -0.142. The predicted molar refractivity (Wildman–Crippen MR) is 62.8 cm³/mol. The van der Waals surface area contributed by atoms with Crippen LogP contribution in [0.1, 0.15) is 26.7 Å². The molecule has 94 valence electrons. The molecule has 1 fully saturated rings. The van der Waals surface area contributed by atoms with Crippen LogP contribution in [0.4, 0.5) is 0 Å². The van der Waals surface area contributed by atoms with Gasteiger partial charge in [0.05, 0.1) is 6.04 Å². The van der Waals surface area contributed by atoms with E-state index in [1.54, 1.807) is 0 Å². The molecule has 2 atom stereocenters. The van der Waals surface area contributed by atoms with Crippen LogP contribution < -0.4 is 5.32 Å². The molecule has 0 spiro atoms. The highest BCUT2D eigenvalue weighted by Gasteiger charge is 2.30. The van der Waals surface area contributed by atoms with Gasteiger partial charge in [-0.1, -0.05) is 6.92 Å². The summed E-state index contributed by atoms with van der Waals surface area (Å²) in [6.07, 6.45) is 1.83. The van der Waals surface area contributed by atoms with Crippen LogP contribution in [0, 0.1) is 0 Å². The van der Waals surface area contributed by atoms with Crippen molar-refractivity contribution in [2.24, 2.45) is 0 Å². The molecular formula is C10H19ClN2O3. The van der Waals surface area contributed by atoms with E-state index in [2.05, 4.69) is 10.2 Å². The van der Waals surface area contributed by atoms with Crippen molar-refractivity contribution < 1.29 is 14.7 Å². The van der Waals surface area contributed by atoms with Crippen LogP contribution in [0.2, 0.25) is 0 Å². The number of amides is 1. The van der Waals surface area contributed by atoms with Crippen molar-refractivity contribution in [2.75, 3.05) is 13.1 Å². The quantitative estimate of drug-likeness (QED) is 0.762. The van der Waals surface area contributed by atoms with Gasteiger partial charge >= 0.3 is 5.97 Å². The maximum atomic E-state index is 11.7. The first-order valence-corrected chi connectivity index (χ1v) is 5.33. The molecule has 0 saturated carbocycles. The van der Waals surface area contributed by atoms with Crippen LogP contribution in [-0.2, 0) is 9.59 Å². The first-order chi connectivity index (χ1) is 7.06. The molecule has 0 aliphatic carbocycles. The summed E-state index contributed by atoms with van der Waals surface area (Å²) < 4.78 is 0. The minimum atomic E-state index is -0.996. The molecule has 6 heteroatoms. The van der Waals surface area contributed by atoms with Gasteiger partial charge in [-0.25, -0.2) is 0 Å². The lowest BCUT2D eigenvalue weighted by atomic mass is 10.2. The van der Waals surface area contributed by atoms with Gasteiger partial charge in [-0.05, 0) is 32.9 Å². The van der Waals surface area contributed by atoms with Crippen molar-refractivity contribution in [3.8, 4) is 0 Å². The Morgan fingerprint density at radius 1 is 1.56 bits per heavy atom. The van der Waals surface area contributed by atoms with E-state index in [1.165, 1.54) is 6.92 Å². The van der Waals surface area contributed by atoms with Crippen LogP contribution in [0.3, 0.4) is 0 Å². The second-order valence-corrected chi connectivity index (χ2v) is 3.86. The monoisotopic (exact) mass is 250 g/mol. The SMILES string of the molecule is CCN1CCC[C@H]1C(=O)N[C@@H](C)C(=O)O.Cl. The minimum absolute atomic E-state index is 0. The predicted octanol–water partition coefficient (Wildman–Crippen LogP) is 0.482. The molecule has 1 saturated heterocycles. The summed E-state index contributed by atoms with van der Waals surface area (Å²) in [5.74, 6) is -1.16. The van der Waals surface area contributed by atoms with Gasteiger partial charge in [0.25, 0.3) is 0 Å². The van der Waals surface area contributed by atoms with Crippen molar-refractivity contribution in [2.45, 2.75) is 38.8 Å². The summed E-state index contributed by atoms with van der Waals surface area (Å²) in [5.41, 5.74) is 0. The Balaban J connectivity index is 0.00000225. The van der Waals surface area contributed by atoms with E-state index in [-0.39, 0.29) is 24.4 Å². The number of carbonyl (C=O) groups excluding carboxylic acids is 1. The molecule has 0 aromatic heterocycles. The molecule has 16 heavy (non-hydrogen) atoms. The summed E-state index contributed by atoms with van der Waals surface area (Å²) in [5, 5.41) is 11.2. The van der Waals surface area contributed by atoms with Gasteiger partial charge in [0.2, 0.25) is 5.91 Å². The van der Waals surface area contributed by atoms with E-state index >= 15 is 0 Å². The molecule has 0 radical (unpaired) electrons. The van der Waals surface area contributed by atoms with Gasteiger partial charge in [0, 0.05) is 0 Å². The van der Waals surface area contributed by atoms with E-state index in [0.29, 0.717) is 0 Å². The van der Waals surface area contributed by atoms with Crippen molar-refractivity contribution in [3.63, 3.8) is 0 Å². The Hall–Kier alpha value is -0.810. The lowest BCUT2D eigenvalue weighted by Crippen LogP contribution is -2.48. The topological polar surface area (TPSA) is 69.6 Å². The van der Waals surface area contributed by atoms with Gasteiger partial charge < -0.3 is 10.4 Å². The first-order valence-electron chi connectivity index (χ1n) is 5.33. The highest BCUT2D eigenvalue weighted by atomic mass is 35.5. The van der Waals surface area contributed by atoms with Crippen molar-refractivity contribution in [1.29, 1.82) is 0 Å². The maximum Gasteiger partial charge on any atom is 0.325 e. The smallest absolute Gasteiger partial charge is 0.325 e. The number of carboxylic acid groups (broad SMARTS) is 1. The molecule has 1 amide bonds. The number of aliphatic carboxylic acids is 1. The zero-order valence-electron chi connectivity index (χ0n) is 9.60. The van der Waals surface area contributed by atoms with Crippen LogP contribution >= 0.6 is 12.4 Å². The molecule has 0 aromatic carbocycles. The Labute approximate surface area is 102 Å². The van der Waals surface area contributed by atoms with Gasteiger partial charge in [-0.3, -0.25) is 14.5 Å². The van der Waals surface area contributed by atoms with Crippen molar-refractivity contribution >= 4 is 24.3 Å². The third-order valence-corrected chi connectivity index (χ3v) is 2.80. The summed E-state index contributed by atoms with van der Waals surface area (Å²) in [7, 11) is 0. The number of rotatable bonds is 4. The number of likely N-dealkylation sites (tertiary alicyclic amines) is 1. The summed E-state index contributed by atoms with van der Waals surface area (Å²) in [6, 6.07) is -0.950. The van der Waals surface area contributed by atoms with Gasteiger partial charge in [-0.15, -0.1) is 12.4 Å². The number of likely N-dealkylation sites (N-methyl/N-ethyl adjacent to an activating group) is 1. The fourth-order valence-electron chi connectivity index (χ4n) is 1.87. The van der Waals surface area contributed by atoms with Crippen LogP contribution in [0.25, 0.3) is 0 Å². The van der Waals surface area contributed by atoms with E-state index in [9.17, 15) is 9.59 Å². The van der Waals surface area contributed by atoms with E-state index in [0.717, 1.165) is 25.9 Å². The minimum Gasteiger partial charge on any atom is -0.480 e. The second kappa shape index (κ2) is 6.70. The van der Waals surface area contributed by atoms with Gasteiger partial charge in [0.15, 0.2) is 0 Å². The molecule has 1 rings (SSSR count). The maximum absolute atomic E-state index is 11.7. The Bertz CT molecular complexity index is 260. The molecular weight excluding hydrogens is 232 g/mol. The van der Waals surface area contributed by atoms with Crippen molar-refractivity contribution in [1.82, 2.24) is 10.2 Å².